The van der Waals surface area contributed by atoms with Gasteiger partial charge in [-0.15, -0.1) is 0 Å². The van der Waals surface area contributed by atoms with Gasteiger partial charge in [0.15, 0.2) is 5.82 Å². The lowest BCUT2D eigenvalue weighted by Crippen LogP contribution is -2.50. The minimum absolute atomic E-state index is 0.164. The van der Waals surface area contributed by atoms with Crippen LogP contribution in [0.5, 0.6) is 0 Å². The van der Waals surface area contributed by atoms with Gasteiger partial charge in [-0.05, 0) is 47.3 Å². The first-order chi connectivity index (χ1) is 14.0. The highest BCUT2D eigenvalue weighted by Crippen LogP contribution is 2.36. The van der Waals surface area contributed by atoms with Crippen molar-refractivity contribution in [2.45, 2.75) is 57.4 Å². The summed E-state index contributed by atoms with van der Waals surface area (Å²) in [6.45, 7) is 2.27. The SMILES string of the molecule is Cc1nc(C2(NC(=O)C3CCN(c4ccccc4Br)C3=O)CCCCCC2)no1. The summed E-state index contributed by atoms with van der Waals surface area (Å²) < 4.78 is 6.05. The summed E-state index contributed by atoms with van der Waals surface area (Å²) in [6.07, 6.45) is 6.21. The van der Waals surface area contributed by atoms with Crippen molar-refractivity contribution in [1.82, 2.24) is 15.5 Å². The number of amides is 2. The van der Waals surface area contributed by atoms with Crippen LogP contribution >= 0.6 is 15.9 Å². The zero-order chi connectivity index (χ0) is 20.4. The molecular weight excluding hydrogens is 436 g/mol. The molecule has 4 rings (SSSR count). The van der Waals surface area contributed by atoms with E-state index < -0.39 is 11.5 Å². The average Bonchev–Trinajstić information content (AvgIpc) is 3.23. The molecule has 2 heterocycles. The molecule has 2 fully saturated rings. The summed E-state index contributed by atoms with van der Waals surface area (Å²) in [5, 5.41) is 7.30. The van der Waals surface area contributed by atoms with Crippen LogP contribution in [0.1, 0.15) is 56.7 Å². The second-order valence-corrected chi connectivity index (χ2v) is 8.76. The van der Waals surface area contributed by atoms with Crippen molar-refractivity contribution in [1.29, 1.82) is 0 Å². The number of anilines is 1. The fourth-order valence-corrected chi connectivity index (χ4v) is 4.89. The third-order valence-corrected chi connectivity index (χ3v) is 6.61. The van der Waals surface area contributed by atoms with Gasteiger partial charge in [-0.3, -0.25) is 9.59 Å². The predicted octanol–water partition coefficient (Wildman–Crippen LogP) is 3.86. The van der Waals surface area contributed by atoms with E-state index in [4.69, 9.17) is 4.52 Å². The molecule has 7 nitrogen and oxygen atoms in total. The van der Waals surface area contributed by atoms with Crippen molar-refractivity contribution in [2.24, 2.45) is 5.92 Å². The van der Waals surface area contributed by atoms with E-state index in [0.717, 1.165) is 48.7 Å². The van der Waals surface area contributed by atoms with Crippen LogP contribution in [-0.2, 0) is 15.1 Å². The second kappa shape index (κ2) is 8.26. The number of benzene rings is 1. The maximum absolute atomic E-state index is 13.2. The molecule has 2 aromatic rings. The first kappa shape index (κ1) is 20.1. The number of rotatable bonds is 4. The Hall–Kier alpha value is -2.22. The van der Waals surface area contributed by atoms with Crippen LogP contribution in [0.2, 0.25) is 0 Å². The number of aryl methyl sites for hydroxylation is 1. The molecular formula is C21H25BrN4O3. The van der Waals surface area contributed by atoms with Crippen LogP contribution in [-0.4, -0.2) is 28.5 Å². The van der Waals surface area contributed by atoms with Crippen molar-refractivity contribution >= 4 is 33.4 Å². The Labute approximate surface area is 178 Å². The molecule has 154 valence electrons. The van der Waals surface area contributed by atoms with Crippen LogP contribution in [0.3, 0.4) is 0 Å². The zero-order valence-electron chi connectivity index (χ0n) is 16.5. The van der Waals surface area contributed by atoms with Gasteiger partial charge >= 0.3 is 0 Å². The Morgan fingerprint density at radius 2 is 1.97 bits per heavy atom. The molecule has 1 N–H and O–H groups in total. The van der Waals surface area contributed by atoms with Crippen molar-refractivity contribution in [2.75, 3.05) is 11.4 Å². The van der Waals surface area contributed by atoms with E-state index >= 15 is 0 Å². The van der Waals surface area contributed by atoms with Crippen molar-refractivity contribution in [3.05, 3.63) is 40.5 Å². The second-order valence-electron chi connectivity index (χ2n) is 7.91. The minimum atomic E-state index is -0.699. The van der Waals surface area contributed by atoms with Gasteiger partial charge in [-0.1, -0.05) is 43.0 Å². The molecule has 1 aliphatic heterocycles. The number of aromatic nitrogens is 2. The number of carbonyl (C=O) groups excluding carboxylic acids is 2. The lowest BCUT2D eigenvalue weighted by Gasteiger charge is -2.31. The molecule has 1 unspecified atom stereocenters. The van der Waals surface area contributed by atoms with Gasteiger partial charge < -0.3 is 14.7 Å². The van der Waals surface area contributed by atoms with Gasteiger partial charge in [0.05, 0.1) is 5.69 Å². The largest absolute Gasteiger partial charge is 0.343 e. The van der Waals surface area contributed by atoms with Crippen molar-refractivity contribution in [3.63, 3.8) is 0 Å². The smallest absolute Gasteiger partial charge is 0.239 e. The summed E-state index contributed by atoms with van der Waals surface area (Å²) in [6, 6.07) is 7.58. The van der Waals surface area contributed by atoms with E-state index in [1.807, 2.05) is 24.3 Å². The van der Waals surface area contributed by atoms with Crippen molar-refractivity contribution < 1.29 is 14.1 Å². The number of hydrogen-bond donors (Lipinski definition) is 1. The summed E-state index contributed by atoms with van der Waals surface area (Å²) >= 11 is 3.50. The molecule has 0 spiro atoms. The molecule has 29 heavy (non-hydrogen) atoms. The van der Waals surface area contributed by atoms with Gasteiger partial charge in [0.25, 0.3) is 0 Å². The minimum Gasteiger partial charge on any atom is -0.343 e. The van der Waals surface area contributed by atoms with Gasteiger partial charge in [0.1, 0.15) is 11.5 Å². The number of carbonyl (C=O) groups is 2. The average molecular weight is 461 g/mol. The molecule has 2 amide bonds. The maximum atomic E-state index is 13.2. The third-order valence-electron chi connectivity index (χ3n) is 5.94. The summed E-state index contributed by atoms with van der Waals surface area (Å²) in [4.78, 5) is 32.4. The highest BCUT2D eigenvalue weighted by atomic mass is 79.9. The predicted molar refractivity (Wildman–Crippen MR) is 111 cm³/mol. The number of nitrogens with zero attached hydrogens (tertiary/aromatic N) is 3. The van der Waals surface area contributed by atoms with E-state index in [-0.39, 0.29) is 11.8 Å². The monoisotopic (exact) mass is 460 g/mol. The number of nitrogens with one attached hydrogen (secondary N) is 1. The molecule has 2 aliphatic rings. The molecule has 1 aliphatic carbocycles. The van der Waals surface area contributed by atoms with Crippen LogP contribution in [0.25, 0.3) is 0 Å². The molecule has 1 saturated carbocycles. The van der Waals surface area contributed by atoms with Crippen LogP contribution in [0, 0.1) is 12.8 Å². The third kappa shape index (κ3) is 3.95. The summed E-state index contributed by atoms with van der Waals surface area (Å²) in [7, 11) is 0. The first-order valence-corrected chi connectivity index (χ1v) is 11.0. The van der Waals surface area contributed by atoms with Crippen LogP contribution < -0.4 is 10.2 Å². The van der Waals surface area contributed by atoms with Crippen LogP contribution in [0.15, 0.2) is 33.3 Å². The highest BCUT2D eigenvalue weighted by Gasteiger charge is 2.44. The Kier molecular flexibility index (Phi) is 5.72. The maximum Gasteiger partial charge on any atom is 0.239 e. The summed E-state index contributed by atoms with van der Waals surface area (Å²) in [5.41, 5.74) is 0.137. The van der Waals surface area contributed by atoms with Gasteiger partial charge in [-0.2, -0.15) is 4.98 Å². The highest BCUT2D eigenvalue weighted by molar-refractivity contribution is 9.10. The Bertz CT molecular complexity index is 905. The van der Waals surface area contributed by atoms with Crippen molar-refractivity contribution in [3.8, 4) is 0 Å². The lowest BCUT2D eigenvalue weighted by atomic mass is 9.88. The van der Waals surface area contributed by atoms with Crippen LogP contribution in [0.4, 0.5) is 5.69 Å². The molecule has 8 heteroatoms. The molecule has 0 bridgehead atoms. The molecule has 1 atom stereocenters. The fraction of sp³-hybridized carbons (Fsp3) is 0.524. The molecule has 1 aromatic heterocycles. The molecule has 1 aromatic carbocycles. The van der Waals surface area contributed by atoms with Gasteiger partial charge in [0.2, 0.25) is 17.7 Å². The number of para-hydroxylation sites is 1. The first-order valence-electron chi connectivity index (χ1n) is 10.2. The van der Waals surface area contributed by atoms with E-state index in [1.54, 1.807) is 11.8 Å². The fourth-order valence-electron chi connectivity index (χ4n) is 4.39. The van der Waals surface area contributed by atoms with Gasteiger partial charge in [0, 0.05) is 17.9 Å². The van der Waals surface area contributed by atoms with E-state index in [2.05, 4.69) is 31.4 Å². The zero-order valence-corrected chi connectivity index (χ0v) is 18.1. The number of halogens is 1. The Balaban J connectivity index is 1.55. The van der Waals surface area contributed by atoms with E-state index in [1.165, 1.54) is 0 Å². The lowest BCUT2D eigenvalue weighted by molar-refractivity contribution is -0.133. The topological polar surface area (TPSA) is 88.3 Å². The standard InChI is InChI=1S/C21H25BrN4O3/c1-14-23-20(25-29-14)21(11-6-2-3-7-12-21)24-18(27)15-10-13-26(19(15)28)17-9-5-4-8-16(17)22/h4-5,8-9,15H,2-3,6-7,10-13H2,1H3,(H,24,27). The normalized spacial score (nSPS) is 21.8. The van der Waals surface area contributed by atoms with E-state index in [9.17, 15) is 9.59 Å². The van der Waals surface area contributed by atoms with E-state index in [0.29, 0.717) is 24.7 Å². The Morgan fingerprint density at radius 1 is 1.24 bits per heavy atom. The molecule has 0 radical (unpaired) electrons. The molecule has 1 saturated heterocycles. The summed E-state index contributed by atoms with van der Waals surface area (Å²) in [5.74, 6) is -0.0973. The Morgan fingerprint density at radius 3 is 2.62 bits per heavy atom. The van der Waals surface area contributed by atoms with Gasteiger partial charge in [-0.25, -0.2) is 0 Å². The number of hydrogen-bond acceptors (Lipinski definition) is 5. The quantitative estimate of drug-likeness (QED) is 0.552.